The van der Waals surface area contributed by atoms with Crippen LogP contribution in [0.4, 0.5) is 0 Å². The molecule has 2 rings (SSSR count). The summed E-state index contributed by atoms with van der Waals surface area (Å²) < 4.78 is 5.33. The van der Waals surface area contributed by atoms with Gasteiger partial charge in [-0.1, -0.05) is 29.8 Å². The van der Waals surface area contributed by atoms with Gasteiger partial charge in [-0.2, -0.15) is 5.26 Å². The Hall–Kier alpha value is -2.02. The smallest absolute Gasteiger partial charge is 0.124 e. The molecular weight excluding hydrogens is 284 g/mol. The van der Waals surface area contributed by atoms with E-state index in [1.54, 1.807) is 13.2 Å². The third-order valence-corrected chi connectivity index (χ3v) is 3.75. The summed E-state index contributed by atoms with van der Waals surface area (Å²) in [6, 6.07) is 15.5. The number of methoxy groups -OCH3 is 1. The summed E-state index contributed by atoms with van der Waals surface area (Å²) in [4.78, 5) is 0. The molecule has 0 spiro atoms. The number of hydrogen-bond acceptors (Lipinski definition) is 3. The fourth-order valence-corrected chi connectivity index (χ4v) is 2.38. The maximum atomic E-state index is 8.95. The van der Waals surface area contributed by atoms with Gasteiger partial charge in [0.25, 0.3) is 0 Å². The zero-order valence-electron chi connectivity index (χ0n) is 12.1. The maximum Gasteiger partial charge on any atom is 0.124 e. The van der Waals surface area contributed by atoms with E-state index < -0.39 is 0 Å². The van der Waals surface area contributed by atoms with Crippen molar-refractivity contribution in [1.82, 2.24) is 5.32 Å². The molecule has 0 aromatic heterocycles. The minimum atomic E-state index is 0.110. The number of hydrogen-bond donors (Lipinski definition) is 1. The summed E-state index contributed by atoms with van der Waals surface area (Å²) >= 11 is 6.22. The first-order valence-corrected chi connectivity index (χ1v) is 7.08. The number of nitrogens with one attached hydrogen (secondary N) is 1. The van der Waals surface area contributed by atoms with Crippen molar-refractivity contribution >= 4 is 11.6 Å². The van der Waals surface area contributed by atoms with Gasteiger partial charge in [-0.15, -0.1) is 0 Å². The summed E-state index contributed by atoms with van der Waals surface area (Å²) in [6.45, 7) is 2.65. The lowest BCUT2D eigenvalue weighted by Gasteiger charge is -2.17. The van der Waals surface area contributed by atoms with E-state index in [4.69, 9.17) is 21.6 Å². The first-order chi connectivity index (χ1) is 10.2. The third-order valence-electron chi connectivity index (χ3n) is 3.40. The summed E-state index contributed by atoms with van der Waals surface area (Å²) in [7, 11) is 1.63. The van der Waals surface area contributed by atoms with Crippen LogP contribution in [-0.2, 0) is 6.54 Å². The molecule has 108 valence electrons. The van der Waals surface area contributed by atoms with Gasteiger partial charge in [0.05, 0.1) is 18.7 Å². The Morgan fingerprint density at radius 3 is 2.76 bits per heavy atom. The van der Waals surface area contributed by atoms with Gasteiger partial charge in [-0.3, -0.25) is 0 Å². The number of nitrogens with zero attached hydrogens (tertiary/aromatic N) is 1. The van der Waals surface area contributed by atoms with Crippen molar-refractivity contribution in [3.8, 4) is 11.8 Å². The van der Waals surface area contributed by atoms with Gasteiger partial charge < -0.3 is 10.1 Å². The highest BCUT2D eigenvalue weighted by molar-refractivity contribution is 6.31. The SMILES string of the molecule is COc1cccc(Cl)c1CNC(C)c1cccc(C#N)c1. The molecule has 2 aromatic carbocycles. The van der Waals surface area contributed by atoms with Crippen LogP contribution in [0.1, 0.15) is 29.7 Å². The molecule has 0 aliphatic rings. The van der Waals surface area contributed by atoms with Crippen LogP contribution >= 0.6 is 11.6 Å². The molecule has 3 nitrogen and oxygen atoms in total. The molecule has 1 N–H and O–H groups in total. The summed E-state index contributed by atoms with van der Waals surface area (Å²) in [5.74, 6) is 0.771. The summed E-state index contributed by atoms with van der Waals surface area (Å²) in [5.41, 5.74) is 2.67. The minimum Gasteiger partial charge on any atom is -0.496 e. The van der Waals surface area contributed by atoms with E-state index >= 15 is 0 Å². The van der Waals surface area contributed by atoms with Gasteiger partial charge in [0, 0.05) is 23.2 Å². The highest BCUT2D eigenvalue weighted by atomic mass is 35.5. The van der Waals surface area contributed by atoms with E-state index in [2.05, 4.69) is 18.3 Å². The Labute approximate surface area is 130 Å². The standard InChI is InChI=1S/C17H17ClN2O/c1-12(14-6-3-5-13(9-14)10-19)20-11-15-16(18)7-4-8-17(15)21-2/h3-9,12,20H,11H2,1-2H3. The van der Waals surface area contributed by atoms with Gasteiger partial charge >= 0.3 is 0 Å². The normalized spacial score (nSPS) is 11.7. The van der Waals surface area contributed by atoms with E-state index in [9.17, 15) is 0 Å². The zero-order valence-corrected chi connectivity index (χ0v) is 12.8. The van der Waals surface area contributed by atoms with E-state index in [0.717, 1.165) is 16.9 Å². The Kier molecular flexibility index (Phi) is 5.21. The molecule has 2 aromatic rings. The largest absolute Gasteiger partial charge is 0.496 e. The van der Waals surface area contributed by atoms with Crippen molar-refractivity contribution in [2.45, 2.75) is 19.5 Å². The van der Waals surface area contributed by atoms with Crippen molar-refractivity contribution in [2.24, 2.45) is 0 Å². The van der Waals surface area contributed by atoms with Crippen LogP contribution < -0.4 is 10.1 Å². The Morgan fingerprint density at radius 1 is 1.29 bits per heavy atom. The molecule has 0 radical (unpaired) electrons. The zero-order chi connectivity index (χ0) is 15.2. The lowest BCUT2D eigenvalue weighted by atomic mass is 10.1. The molecule has 0 aliphatic heterocycles. The molecule has 0 amide bonds. The fourth-order valence-electron chi connectivity index (χ4n) is 2.15. The number of nitriles is 1. The molecular formula is C17H17ClN2O. The van der Waals surface area contributed by atoms with Crippen LogP contribution in [-0.4, -0.2) is 7.11 Å². The van der Waals surface area contributed by atoms with Crippen LogP contribution in [0.3, 0.4) is 0 Å². The van der Waals surface area contributed by atoms with Crippen molar-refractivity contribution in [3.05, 3.63) is 64.2 Å². The maximum absolute atomic E-state index is 8.95. The number of halogens is 1. The third kappa shape index (κ3) is 3.75. The fraction of sp³-hybridized carbons (Fsp3) is 0.235. The number of ether oxygens (including phenoxy) is 1. The van der Waals surface area contributed by atoms with Crippen molar-refractivity contribution in [3.63, 3.8) is 0 Å². The Balaban J connectivity index is 2.11. The summed E-state index contributed by atoms with van der Waals surface area (Å²) in [5, 5.41) is 13.0. The molecule has 1 atom stereocenters. The van der Waals surface area contributed by atoms with Crippen LogP contribution in [0.25, 0.3) is 0 Å². The second-order valence-electron chi connectivity index (χ2n) is 4.76. The average molecular weight is 301 g/mol. The van der Waals surface area contributed by atoms with Crippen LogP contribution in [0, 0.1) is 11.3 Å². The lowest BCUT2D eigenvalue weighted by molar-refractivity contribution is 0.406. The number of rotatable bonds is 5. The second-order valence-corrected chi connectivity index (χ2v) is 5.17. The average Bonchev–Trinajstić information content (AvgIpc) is 2.53. The molecule has 0 aliphatic carbocycles. The van der Waals surface area contributed by atoms with Gasteiger partial charge in [-0.05, 0) is 36.8 Å². The first-order valence-electron chi connectivity index (χ1n) is 6.70. The molecule has 0 saturated heterocycles. The second kappa shape index (κ2) is 7.12. The summed E-state index contributed by atoms with van der Waals surface area (Å²) in [6.07, 6.45) is 0. The first kappa shape index (κ1) is 15.4. The molecule has 0 fully saturated rings. The molecule has 21 heavy (non-hydrogen) atoms. The van der Waals surface area contributed by atoms with Gasteiger partial charge in [0.1, 0.15) is 5.75 Å². The van der Waals surface area contributed by atoms with Gasteiger partial charge in [0.2, 0.25) is 0 Å². The Morgan fingerprint density at radius 2 is 2.05 bits per heavy atom. The van der Waals surface area contributed by atoms with Crippen molar-refractivity contribution in [2.75, 3.05) is 7.11 Å². The van der Waals surface area contributed by atoms with E-state index in [0.29, 0.717) is 17.1 Å². The van der Waals surface area contributed by atoms with Crippen LogP contribution in [0.2, 0.25) is 5.02 Å². The number of benzene rings is 2. The highest BCUT2D eigenvalue weighted by Gasteiger charge is 2.10. The molecule has 1 unspecified atom stereocenters. The monoisotopic (exact) mass is 300 g/mol. The molecule has 0 heterocycles. The highest BCUT2D eigenvalue weighted by Crippen LogP contribution is 2.26. The predicted octanol–water partition coefficient (Wildman–Crippen LogP) is 4.07. The molecule has 0 bridgehead atoms. The van der Waals surface area contributed by atoms with Crippen molar-refractivity contribution in [1.29, 1.82) is 5.26 Å². The van der Waals surface area contributed by atoms with Gasteiger partial charge in [0.15, 0.2) is 0 Å². The van der Waals surface area contributed by atoms with Crippen molar-refractivity contribution < 1.29 is 4.74 Å². The molecule has 4 heteroatoms. The van der Waals surface area contributed by atoms with E-state index in [1.165, 1.54) is 0 Å². The van der Waals surface area contributed by atoms with Crippen LogP contribution in [0.15, 0.2) is 42.5 Å². The minimum absolute atomic E-state index is 0.110. The van der Waals surface area contributed by atoms with E-state index in [1.807, 2.05) is 36.4 Å². The Bertz CT molecular complexity index is 664. The van der Waals surface area contributed by atoms with Gasteiger partial charge in [-0.25, -0.2) is 0 Å². The lowest BCUT2D eigenvalue weighted by Crippen LogP contribution is -2.18. The molecule has 0 saturated carbocycles. The topological polar surface area (TPSA) is 45.0 Å². The van der Waals surface area contributed by atoms with Crippen LogP contribution in [0.5, 0.6) is 5.75 Å². The quantitative estimate of drug-likeness (QED) is 0.905. The predicted molar refractivity (Wildman–Crippen MR) is 84.4 cm³/mol. The van der Waals surface area contributed by atoms with E-state index in [-0.39, 0.29) is 6.04 Å².